The van der Waals surface area contributed by atoms with Crippen molar-refractivity contribution in [2.75, 3.05) is 61.5 Å². The molecule has 0 radical (unpaired) electrons. The standard InChI is InChI=1S/C29H38F3N7O3S/c1-7-39(8-2)14-13-33-27(40)20-11-12-23(25(16-20)42-5)36-28-35-18-22(29(30,31)32)26(37-28)34-17-21-10-9-19(3)15-24(21)38(4)43(6)41/h9-12,15-16,18H,7-8,13-14,17H2,1-6H3,(H,33,40)(H2,34,35,36,37). The Kier molecular flexibility index (Phi) is 11.7. The smallest absolute Gasteiger partial charge is 0.421 e. The molecule has 1 amide bonds. The Morgan fingerprint density at radius 1 is 1.12 bits per heavy atom. The first-order valence-corrected chi connectivity index (χ1v) is 15.2. The molecule has 0 saturated carbocycles. The van der Waals surface area contributed by atoms with Crippen LogP contribution in [0.15, 0.2) is 42.6 Å². The minimum Gasteiger partial charge on any atom is -0.495 e. The summed E-state index contributed by atoms with van der Waals surface area (Å²) in [6.45, 7) is 8.93. The number of hydrogen-bond donors (Lipinski definition) is 3. The number of likely N-dealkylation sites (N-methyl/N-ethyl adjacent to an activating group) is 1. The first-order valence-electron chi connectivity index (χ1n) is 13.7. The van der Waals surface area contributed by atoms with Crippen LogP contribution < -0.4 is 25.0 Å². The van der Waals surface area contributed by atoms with Crippen molar-refractivity contribution in [2.45, 2.75) is 33.5 Å². The fourth-order valence-corrected chi connectivity index (χ4v) is 4.69. The van der Waals surface area contributed by atoms with Gasteiger partial charge in [-0.05, 0) is 55.4 Å². The zero-order valence-electron chi connectivity index (χ0n) is 25.1. The normalized spacial score (nSPS) is 12.1. The van der Waals surface area contributed by atoms with Crippen molar-refractivity contribution >= 4 is 40.0 Å². The van der Waals surface area contributed by atoms with Crippen LogP contribution in [0, 0.1) is 6.92 Å². The number of methoxy groups -OCH3 is 1. The van der Waals surface area contributed by atoms with Gasteiger partial charge in [0.05, 0.1) is 18.5 Å². The molecule has 1 atom stereocenters. The molecule has 234 valence electrons. The molecule has 1 aromatic heterocycles. The van der Waals surface area contributed by atoms with Gasteiger partial charge in [0.2, 0.25) is 5.95 Å². The van der Waals surface area contributed by atoms with Crippen molar-refractivity contribution < 1.29 is 26.9 Å². The summed E-state index contributed by atoms with van der Waals surface area (Å²) >= 11 is 0. The number of alkyl halides is 3. The predicted octanol–water partition coefficient (Wildman–Crippen LogP) is 4.97. The summed E-state index contributed by atoms with van der Waals surface area (Å²) in [4.78, 5) is 22.8. The largest absolute Gasteiger partial charge is 0.495 e. The molecule has 0 aliphatic heterocycles. The molecule has 0 spiro atoms. The molecule has 3 aromatic rings. The summed E-state index contributed by atoms with van der Waals surface area (Å²) < 4.78 is 60.7. The lowest BCUT2D eigenvalue weighted by molar-refractivity contribution is -0.137. The summed E-state index contributed by atoms with van der Waals surface area (Å²) in [5.41, 5.74) is 1.86. The maximum Gasteiger partial charge on any atom is 0.421 e. The van der Waals surface area contributed by atoms with E-state index in [0.717, 1.165) is 25.2 Å². The molecule has 10 nitrogen and oxygen atoms in total. The SMILES string of the molecule is CCN(CC)CCNC(=O)c1ccc(Nc2ncc(C(F)(F)F)c(NCc3ccc(C)cc3N(C)S(C)=O)n2)c(OC)c1. The number of carbonyl (C=O) groups is 1. The second kappa shape index (κ2) is 15.0. The summed E-state index contributed by atoms with van der Waals surface area (Å²) in [6.07, 6.45) is -2.49. The van der Waals surface area contributed by atoms with E-state index in [1.54, 1.807) is 29.6 Å². The maximum atomic E-state index is 13.9. The molecule has 3 N–H and O–H groups in total. The lowest BCUT2D eigenvalue weighted by atomic mass is 10.1. The molecular formula is C29H38F3N7O3S. The minimum absolute atomic E-state index is 0.0158. The number of benzene rings is 2. The van der Waals surface area contributed by atoms with E-state index in [4.69, 9.17) is 4.74 Å². The molecular weight excluding hydrogens is 583 g/mol. The van der Waals surface area contributed by atoms with Crippen LogP contribution in [0.25, 0.3) is 0 Å². The monoisotopic (exact) mass is 621 g/mol. The second-order valence-electron chi connectivity index (χ2n) is 9.68. The van der Waals surface area contributed by atoms with Gasteiger partial charge in [0.25, 0.3) is 5.91 Å². The van der Waals surface area contributed by atoms with E-state index in [9.17, 15) is 22.2 Å². The van der Waals surface area contributed by atoms with Crippen LogP contribution in [0.5, 0.6) is 5.75 Å². The van der Waals surface area contributed by atoms with E-state index in [0.29, 0.717) is 35.2 Å². The number of anilines is 4. The lowest BCUT2D eigenvalue weighted by Crippen LogP contribution is -2.34. The average molecular weight is 622 g/mol. The van der Waals surface area contributed by atoms with Crippen LogP contribution in [0.4, 0.5) is 36.3 Å². The Bertz CT molecular complexity index is 1430. The van der Waals surface area contributed by atoms with Crippen LogP contribution in [-0.4, -0.2) is 71.6 Å². The first-order chi connectivity index (χ1) is 20.4. The van der Waals surface area contributed by atoms with Crippen molar-refractivity contribution in [1.82, 2.24) is 20.2 Å². The molecule has 1 heterocycles. The van der Waals surface area contributed by atoms with Gasteiger partial charge in [0.1, 0.15) is 28.1 Å². The molecule has 3 rings (SSSR count). The number of hydrogen-bond acceptors (Lipinski definition) is 8. The number of carbonyl (C=O) groups excluding carboxylic acids is 1. The second-order valence-corrected chi connectivity index (χ2v) is 11.1. The molecule has 14 heteroatoms. The van der Waals surface area contributed by atoms with Crippen LogP contribution in [0.3, 0.4) is 0 Å². The summed E-state index contributed by atoms with van der Waals surface area (Å²) in [5.74, 6) is -0.530. The van der Waals surface area contributed by atoms with Crippen molar-refractivity contribution in [2.24, 2.45) is 0 Å². The Balaban J connectivity index is 1.83. The van der Waals surface area contributed by atoms with Gasteiger partial charge in [0, 0.05) is 44.7 Å². The number of ether oxygens (including phenoxy) is 1. The van der Waals surface area contributed by atoms with E-state index >= 15 is 0 Å². The van der Waals surface area contributed by atoms with Crippen molar-refractivity contribution in [3.8, 4) is 5.75 Å². The predicted molar refractivity (Wildman–Crippen MR) is 164 cm³/mol. The Morgan fingerprint density at radius 2 is 1.84 bits per heavy atom. The molecule has 0 saturated heterocycles. The number of nitrogens with zero attached hydrogens (tertiary/aromatic N) is 4. The molecule has 43 heavy (non-hydrogen) atoms. The van der Waals surface area contributed by atoms with Crippen LogP contribution in [0.2, 0.25) is 0 Å². The molecule has 0 fully saturated rings. The number of rotatable bonds is 14. The first kappa shape index (κ1) is 33.6. The summed E-state index contributed by atoms with van der Waals surface area (Å²) in [7, 11) is 1.73. The molecule has 0 bridgehead atoms. The Labute approximate surface area is 252 Å². The van der Waals surface area contributed by atoms with Gasteiger partial charge in [-0.3, -0.25) is 9.10 Å². The third-order valence-corrected chi connectivity index (χ3v) is 7.79. The van der Waals surface area contributed by atoms with Crippen molar-refractivity contribution in [3.05, 3.63) is 64.8 Å². The Morgan fingerprint density at radius 3 is 2.47 bits per heavy atom. The van der Waals surface area contributed by atoms with Crippen LogP contribution in [0.1, 0.15) is 40.9 Å². The number of nitrogens with one attached hydrogen (secondary N) is 3. The third kappa shape index (κ3) is 9.04. The summed E-state index contributed by atoms with van der Waals surface area (Å²) in [6, 6.07) is 10.1. The highest BCUT2D eigenvalue weighted by Gasteiger charge is 2.35. The quantitative estimate of drug-likeness (QED) is 0.232. The highest BCUT2D eigenvalue weighted by Crippen LogP contribution is 2.35. The number of halogens is 3. The van der Waals surface area contributed by atoms with E-state index in [2.05, 4.69) is 44.7 Å². The average Bonchev–Trinajstić information content (AvgIpc) is 2.97. The zero-order valence-corrected chi connectivity index (χ0v) is 25.9. The third-order valence-electron chi connectivity index (χ3n) is 6.82. The number of aromatic nitrogens is 2. The lowest BCUT2D eigenvalue weighted by Gasteiger charge is -2.21. The molecule has 0 aliphatic carbocycles. The Hall–Kier alpha value is -3.91. The minimum atomic E-state index is -4.71. The highest BCUT2D eigenvalue weighted by atomic mass is 32.2. The van der Waals surface area contributed by atoms with Crippen molar-refractivity contribution in [3.63, 3.8) is 0 Å². The summed E-state index contributed by atoms with van der Waals surface area (Å²) in [5, 5.41) is 8.55. The van der Waals surface area contributed by atoms with Crippen LogP contribution in [-0.2, 0) is 23.7 Å². The molecule has 1 unspecified atom stereocenters. The van der Waals surface area contributed by atoms with Gasteiger partial charge < -0.3 is 25.6 Å². The van der Waals surface area contributed by atoms with E-state index in [-0.39, 0.29) is 24.1 Å². The number of aryl methyl sites for hydroxylation is 1. The van der Waals surface area contributed by atoms with Gasteiger partial charge in [-0.25, -0.2) is 9.19 Å². The molecule has 0 aliphatic rings. The van der Waals surface area contributed by atoms with Gasteiger partial charge in [-0.2, -0.15) is 18.2 Å². The van der Waals surface area contributed by atoms with E-state index in [1.807, 2.05) is 19.1 Å². The van der Waals surface area contributed by atoms with Gasteiger partial charge in [0.15, 0.2) is 0 Å². The fraction of sp³-hybridized carbons (Fsp3) is 0.414. The van der Waals surface area contributed by atoms with E-state index in [1.165, 1.54) is 19.4 Å². The fourth-order valence-electron chi connectivity index (χ4n) is 4.24. The van der Waals surface area contributed by atoms with Crippen molar-refractivity contribution in [1.29, 1.82) is 0 Å². The maximum absolute atomic E-state index is 13.9. The van der Waals surface area contributed by atoms with Gasteiger partial charge >= 0.3 is 6.18 Å². The zero-order chi connectivity index (χ0) is 31.7. The highest BCUT2D eigenvalue weighted by molar-refractivity contribution is 7.85. The molecule has 2 aromatic carbocycles. The van der Waals surface area contributed by atoms with Crippen LogP contribution >= 0.6 is 0 Å². The van der Waals surface area contributed by atoms with E-state index < -0.39 is 28.5 Å². The van der Waals surface area contributed by atoms with Gasteiger partial charge in [-0.15, -0.1) is 0 Å². The van der Waals surface area contributed by atoms with Gasteiger partial charge in [-0.1, -0.05) is 26.0 Å². The number of amides is 1. The topological polar surface area (TPSA) is 112 Å².